The molecule has 0 amide bonds. The van der Waals surface area contributed by atoms with Gasteiger partial charge in [-0.3, -0.25) is 9.59 Å². The summed E-state index contributed by atoms with van der Waals surface area (Å²) in [5.41, 5.74) is 0. The number of benzene rings is 3. The third-order valence-corrected chi connectivity index (χ3v) is 5.21. The lowest BCUT2D eigenvalue weighted by molar-refractivity contribution is -0.148. The molecule has 0 spiro atoms. The topological polar surface area (TPSA) is 71.1 Å². The number of hydrogen-bond donors (Lipinski definition) is 0. The van der Waals surface area contributed by atoms with Crippen LogP contribution in [0.3, 0.4) is 0 Å². The van der Waals surface area contributed by atoms with Gasteiger partial charge in [0.1, 0.15) is 37.9 Å². The first kappa shape index (κ1) is 24.6. The summed E-state index contributed by atoms with van der Waals surface area (Å²) in [6.45, 7) is 7.87. The molecule has 0 fully saturated rings. The smallest absolute Gasteiger partial charge is 0.308 e. The lowest BCUT2D eigenvalue weighted by Crippen LogP contribution is -2.17. The number of hydrogen-bond acceptors (Lipinski definition) is 6. The van der Waals surface area contributed by atoms with E-state index < -0.39 is 0 Å². The van der Waals surface area contributed by atoms with E-state index in [4.69, 9.17) is 30.5 Å². The summed E-state index contributed by atoms with van der Waals surface area (Å²) in [4.78, 5) is 23.5. The summed E-state index contributed by atoms with van der Waals surface area (Å²) in [6, 6.07) is 13.2. The van der Waals surface area contributed by atoms with Crippen molar-refractivity contribution in [3.63, 3.8) is 0 Å². The summed E-state index contributed by atoms with van der Waals surface area (Å²) >= 11 is 6.30. The second-order valence-electron chi connectivity index (χ2n) is 8.24. The van der Waals surface area contributed by atoms with Crippen LogP contribution in [0.1, 0.15) is 27.7 Å². The van der Waals surface area contributed by atoms with Crippen LogP contribution >= 0.6 is 11.6 Å². The highest BCUT2D eigenvalue weighted by molar-refractivity contribution is 6.31. The van der Waals surface area contributed by atoms with E-state index in [9.17, 15) is 9.59 Å². The Kier molecular flexibility index (Phi) is 8.39. The molecule has 0 aliphatic heterocycles. The first-order valence-electron chi connectivity index (χ1n) is 11.0. The number of fused-ring (bicyclic) bond motifs is 2. The van der Waals surface area contributed by atoms with Crippen LogP contribution in [-0.2, 0) is 19.1 Å². The van der Waals surface area contributed by atoms with Crippen molar-refractivity contribution in [3.05, 3.63) is 47.5 Å². The average Bonchev–Trinajstić information content (AvgIpc) is 2.79. The van der Waals surface area contributed by atoms with E-state index in [-0.39, 0.29) is 50.2 Å². The van der Waals surface area contributed by atoms with E-state index in [1.807, 2.05) is 36.4 Å². The van der Waals surface area contributed by atoms with Crippen LogP contribution in [-0.4, -0.2) is 38.4 Å². The van der Waals surface area contributed by atoms with E-state index in [0.29, 0.717) is 16.5 Å². The van der Waals surface area contributed by atoms with Crippen molar-refractivity contribution >= 4 is 45.1 Å². The van der Waals surface area contributed by atoms with Gasteiger partial charge in [-0.15, -0.1) is 0 Å². The number of halogens is 1. The minimum Gasteiger partial charge on any atom is -0.489 e. The van der Waals surface area contributed by atoms with Crippen molar-refractivity contribution in [2.45, 2.75) is 27.7 Å². The minimum atomic E-state index is -0.265. The minimum absolute atomic E-state index is 0.146. The zero-order chi connectivity index (χ0) is 24.0. The van der Waals surface area contributed by atoms with E-state index in [1.54, 1.807) is 33.8 Å². The van der Waals surface area contributed by atoms with Crippen molar-refractivity contribution in [2.24, 2.45) is 11.8 Å². The molecule has 3 rings (SSSR count). The second-order valence-corrected chi connectivity index (χ2v) is 8.67. The van der Waals surface area contributed by atoms with Gasteiger partial charge in [0.25, 0.3) is 0 Å². The van der Waals surface area contributed by atoms with Crippen LogP contribution in [0.5, 0.6) is 11.5 Å². The van der Waals surface area contributed by atoms with Crippen LogP contribution in [0.2, 0.25) is 5.02 Å². The highest BCUT2D eigenvalue weighted by atomic mass is 35.5. The number of rotatable bonds is 10. The van der Waals surface area contributed by atoms with Crippen molar-refractivity contribution in [3.8, 4) is 11.5 Å². The molecule has 0 radical (unpaired) electrons. The molecule has 0 saturated heterocycles. The fraction of sp³-hybridized carbons (Fsp3) is 0.385. The van der Waals surface area contributed by atoms with Gasteiger partial charge < -0.3 is 18.9 Å². The van der Waals surface area contributed by atoms with E-state index in [0.717, 1.165) is 21.5 Å². The van der Waals surface area contributed by atoms with Gasteiger partial charge in [0.05, 0.1) is 11.8 Å². The van der Waals surface area contributed by atoms with Crippen LogP contribution in [0.25, 0.3) is 21.5 Å². The molecule has 3 aromatic rings. The molecule has 0 aromatic heterocycles. The van der Waals surface area contributed by atoms with Gasteiger partial charge in [-0.05, 0) is 18.2 Å². The summed E-state index contributed by atoms with van der Waals surface area (Å²) < 4.78 is 22.7. The van der Waals surface area contributed by atoms with Crippen LogP contribution in [0, 0.1) is 11.8 Å². The normalized spacial score (nSPS) is 11.2. The lowest BCUT2D eigenvalue weighted by Gasteiger charge is -2.18. The fourth-order valence-electron chi connectivity index (χ4n) is 3.29. The zero-order valence-electron chi connectivity index (χ0n) is 19.4. The maximum atomic E-state index is 11.7. The van der Waals surface area contributed by atoms with Crippen molar-refractivity contribution in [1.82, 2.24) is 0 Å². The van der Waals surface area contributed by atoms with Crippen LogP contribution in [0.4, 0.5) is 0 Å². The SMILES string of the molecule is CC(C)C(=O)OCCOc1c2ccccc2c(OCCOC(=O)C(C)C)c2cc(Cl)ccc12. The van der Waals surface area contributed by atoms with Gasteiger partial charge in [0.2, 0.25) is 0 Å². The Morgan fingerprint density at radius 2 is 1.15 bits per heavy atom. The zero-order valence-corrected chi connectivity index (χ0v) is 20.1. The quantitative estimate of drug-likeness (QED) is 0.211. The Labute approximate surface area is 198 Å². The maximum absolute atomic E-state index is 11.7. The predicted octanol–water partition coefficient (Wildman–Crippen LogP) is 5.80. The number of esters is 2. The molecule has 0 aliphatic rings. The molecule has 3 aromatic carbocycles. The molecule has 0 saturated carbocycles. The average molecular weight is 473 g/mol. The Morgan fingerprint density at radius 1 is 0.697 bits per heavy atom. The molecular weight excluding hydrogens is 444 g/mol. The molecule has 0 N–H and O–H groups in total. The van der Waals surface area contributed by atoms with Crippen molar-refractivity contribution < 1.29 is 28.5 Å². The predicted molar refractivity (Wildman–Crippen MR) is 129 cm³/mol. The van der Waals surface area contributed by atoms with Gasteiger partial charge in [-0.2, -0.15) is 0 Å². The van der Waals surface area contributed by atoms with E-state index >= 15 is 0 Å². The fourth-order valence-corrected chi connectivity index (χ4v) is 3.46. The van der Waals surface area contributed by atoms with Gasteiger partial charge >= 0.3 is 11.9 Å². The molecule has 0 bridgehead atoms. The molecule has 0 unspecified atom stereocenters. The van der Waals surface area contributed by atoms with Crippen LogP contribution in [0.15, 0.2) is 42.5 Å². The van der Waals surface area contributed by atoms with E-state index in [1.165, 1.54) is 0 Å². The maximum Gasteiger partial charge on any atom is 0.308 e. The Bertz CT molecular complexity index is 1140. The second kappa shape index (κ2) is 11.2. The number of ether oxygens (including phenoxy) is 4. The van der Waals surface area contributed by atoms with E-state index in [2.05, 4.69) is 0 Å². The third kappa shape index (κ3) is 6.08. The molecular formula is C26H29ClO6. The molecule has 176 valence electrons. The standard InChI is InChI=1S/C26H29ClO6/c1-16(2)25(28)32-13-11-30-23-19-7-5-6-8-20(19)24(22-15-18(27)9-10-21(22)23)31-12-14-33-26(29)17(3)4/h5-10,15-17H,11-14H2,1-4H3. The number of carbonyl (C=O) groups excluding carboxylic acids is 2. The Morgan fingerprint density at radius 3 is 1.64 bits per heavy atom. The van der Waals surface area contributed by atoms with Gasteiger partial charge in [0.15, 0.2) is 0 Å². The van der Waals surface area contributed by atoms with Gasteiger partial charge in [-0.25, -0.2) is 0 Å². The Hall–Kier alpha value is -2.99. The van der Waals surface area contributed by atoms with Crippen LogP contribution < -0.4 is 9.47 Å². The summed E-state index contributed by atoms with van der Waals surface area (Å²) in [5, 5.41) is 3.87. The molecule has 6 nitrogen and oxygen atoms in total. The molecule has 7 heteroatoms. The molecule has 0 atom stereocenters. The van der Waals surface area contributed by atoms with Gasteiger partial charge in [0, 0.05) is 26.6 Å². The lowest BCUT2D eigenvalue weighted by atomic mass is 10.0. The van der Waals surface area contributed by atoms with Gasteiger partial charge in [-0.1, -0.05) is 63.6 Å². The van der Waals surface area contributed by atoms with Crippen molar-refractivity contribution in [2.75, 3.05) is 26.4 Å². The number of carbonyl (C=O) groups is 2. The largest absolute Gasteiger partial charge is 0.489 e. The monoisotopic (exact) mass is 472 g/mol. The summed E-state index contributed by atoms with van der Waals surface area (Å²) in [5.74, 6) is 0.394. The highest BCUT2D eigenvalue weighted by Crippen LogP contribution is 2.43. The van der Waals surface area contributed by atoms with Crippen molar-refractivity contribution in [1.29, 1.82) is 0 Å². The summed E-state index contributed by atoms with van der Waals surface area (Å²) in [6.07, 6.45) is 0. The first-order chi connectivity index (χ1) is 15.8. The summed E-state index contributed by atoms with van der Waals surface area (Å²) in [7, 11) is 0. The highest BCUT2D eigenvalue weighted by Gasteiger charge is 2.17. The first-order valence-corrected chi connectivity index (χ1v) is 11.4. The Balaban J connectivity index is 1.90. The third-order valence-electron chi connectivity index (χ3n) is 4.98. The molecule has 0 aliphatic carbocycles. The molecule has 33 heavy (non-hydrogen) atoms. The molecule has 0 heterocycles.